The zero-order valence-electron chi connectivity index (χ0n) is 31.5. The standard InChI is InChI=1S/C52H36N4O2/c1-3-11-32(12-4-1)50-53-51(33-13-5-2-6-14-33)55-52(54-50)36-22-26-48-44(29-36)43-28-35(21-25-47(43)58-48)34-19-20-37-31-57-49-30-38(23-24-41(49)42(37)27-34)56-45-17-9-7-15-39(45)40-16-8-10-18-46(40)56/h1-13,15-30,33,52H,14,31H2,(H,53,54,55). The summed E-state index contributed by atoms with van der Waals surface area (Å²) in [6.45, 7) is 0.525. The molecule has 0 fully saturated rings. The van der Waals surface area contributed by atoms with Gasteiger partial charge in [-0.2, -0.15) is 0 Å². The maximum atomic E-state index is 6.43. The zero-order chi connectivity index (χ0) is 38.2. The first-order valence-corrected chi connectivity index (χ1v) is 19.9. The number of rotatable bonds is 5. The fraction of sp³-hybridized carbons (Fsp3) is 0.0769. The van der Waals surface area contributed by atoms with Crippen molar-refractivity contribution in [2.75, 3.05) is 0 Å². The summed E-state index contributed by atoms with van der Waals surface area (Å²) in [7, 11) is 0. The third kappa shape index (κ3) is 5.33. The van der Waals surface area contributed by atoms with Crippen LogP contribution in [0.4, 0.5) is 0 Å². The van der Waals surface area contributed by atoms with E-state index >= 15 is 0 Å². The number of aliphatic imine (C=N–C) groups is 2. The van der Waals surface area contributed by atoms with Crippen LogP contribution in [-0.2, 0) is 6.61 Å². The molecule has 7 aromatic carbocycles. The number of allylic oxidation sites excluding steroid dienone is 3. The number of aromatic nitrogens is 1. The SMILES string of the molecule is C1=CCC(C2=NC(c3ccccc3)=NC(c3ccc4oc5ccc(-c6ccc7c(c6)-c6ccc(-n8c9ccccc9c9ccccc98)cc6OC7)cc5c4c3)N2)C=C1. The second-order valence-electron chi connectivity index (χ2n) is 15.3. The molecule has 276 valence electrons. The minimum atomic E-state index is -0.294. The van der Waals surface area contributed by atoms with Crippen LogP contribution in [0.2, 0.25) is 0 Å². The van der Waals surface area contributed by atoms with Gasteiger partial charge in [0, 0.05) is 50.3 Å². The van der Waals surface area contributed by atoms with Crippen LogP contribution < -0.4 is 10.1 Å². The highest BCUT2D eigenvalue weighted by Gasteiger charge is 2.26. The minimum Gasteiger partial charge on any atom is -0.488 e. The van der Waals surface area contributed by atoms with E-state index in [9.17, 15) is 0 Å². The number of fused-ring (bicyclic) bond motifs is 9. The molecule has 12 rings (SSSR count). The number of furan rings is 1. The van der Waals surface area contributed by atoms with Gasteiger partial charge in [-0.3, -0.25) is 0 Å². The summed E-state index contributed by atoms with van der Waals surface area (Å²) in [6.07, 6.45) is 9.20. The molecule has 0 bridgehead atoms. The molecule has 6 heteroatoms. The third-order valence-corrected chi connectivity index (χ3v) is 11.9. The van der Waals surface area contributed by atoms with Gasteiger partial charge in [0.1, 0.15) is 35.5 Å². The molecule has 2 aliphatic heterocycles. The predicted octanol–water partition coefficient (Wildman–Crippen LogP) is 12.5. The fourth-order valence-corrected chi connectivity index (χ4v) is 8.95. The molecule has 6 nitrogen and oxygen atoms in total. The Labute approximate surface area is 334 Å². The Morgan fingerprint density at radius 1 is 0.603 bits per heavy atom. The highest BCUT2D eigenvalue weighted by atomic mass is 16.5. The van der Waals surface area contributed by atoms with Crippen molar-refractivity contribution in [1.29, 1.82) is 0 Å². The Balaban J connectivity index is 0.908. The van der Waals surface area contributed by atoms with E-state index in [1.54, 1.807) is 0 Å². The molecule has 2 unspecified atom stereocenters. The van der Waals surface area contributed by atoms with Gasteiger partial charge in [0.05, 0.1) is 11.0 Å². The zero-order valence-corrected chi connectivity index (χ0v) is 31.5. The average Bonchev–Trinajstić information content (AvgIpc) is 3.84. The molecule has 2 aromatic heterocycles. The normalized spacial score (nSPS) is 17.2. The lowest BCUT2D eigenvalue weighted by Gasteiger charge is -2.27. The summed E-state index contributed by atoms with van der Waals surface area (Å²) in [5.41, 5.74) is 13.0. The van der Waals surface area contributed by atoms with Crippen LogP contribution in [-0.4, -0.2) is 16.2 Å². The van der Waals surface area contributed by atoms with Crippen LogP contribution in [0.5, 0.6) is 5.75 Å². The van der Waals surface area contributed by atoms with E-state index in [0.29, 0.717) is 6.61 Å². The maximum Gasteiger partial charge on any atom is 0.159 e. The quantitative estimate of drug-likeness (QED) is 0.191. The van der Waals surface area contributed by atoms with Crippen LogP contribution in [0.1, 0.15) is 29.3 Å². The first kappa shape index (κ1) is 32.8. The lowest BCUT2D eigenvalue weighted by atomic mass is 9.92. The molecule has 1 aliphatic carbocycles. The molecule has 0 radical (unpaired) electrons. The molecular weight excluding hydrogens is 713 g/mol. The molecule has 0 saturated heterocycles. The summed E-state index contributed by atoms with van der Waals surface area (Å²) >= 11 is 0. The van der Waals surface area contributed by atoms with Crippen LogP contribution in [0.3, 0.4) is 0 Å². The molecular formula is C52H36N4O2. The van der Waals surface area contributed by atoms with Crippen molar-refractivity contribution in [3.05, 3.63) is 193 Å². The van der Waals surface area contributed by atoms with E-state index in [4.69, 9.17) is 19.1 Å². The molecule has 4 heterocycles. The number of benzene rings is 7. The van der Waals surface area contributed by atoms with Crippen molar-refractivity contribution in [1.82, 2.24) is 9.88 Å². The maximum absolute atomic E-state index is 6.43. The van der Waals surface area contributed by atoms with Crippen molar-refractivity contribution in [3.63, 3.8) is 0 Å². The van der Waals surface area contributed by atoms with E-state index in [0.717, 1.165) is 79.3 Å². The molecule has 2 atom stereocenters. The van der Waals surface area contributed by atoms with Gasteiger partial charge < -0.3 is 19.0 Å². The largest absolute Gasteiger partial charge is 0.488 e. The van der Waals surface area contributed by atoms with Gasteiger partial charge in [-0.1, -0.05) is 115 Å². The minimum absolute atomic E-state index is 0.167. The van der Waals surface area contributed by atoms with E-state index in [1.165, 1.54) is 32.9 Å². The third-order valence-electron chi connectivity index (χ3n) is 11.9. The van der Waals surface area contributed by atoms with Gasteiger partial charge in [0.25, 0.3) is 0 Å². The summed E-state index contributed by atoms with van der Waals surface area (Å²) in [5.74, 6) is 2.73. The molecule has 0 saturated carbocycles. The van der Waals surface area contributed by atoms with Crippen molar-refractivity contribution < 1.29 is 9.15 Å². The van der Waals surface area contributed by atoms with Gasteiger partial charge in [-0.05, 0) is 88.8 Å². The molecule has 3 aliphatic rings. The lowest BCUT2D eigenvalue weighted by molar-refractivity contribution is 0.302. The van der Waals surface area contributed by atoms with E-state index in [-0.39, 0.29) is 12.1 Å². The van der Waals surface area contributed by atoms with Gasteiger partial charge in [0.2, 0.25) is 0 Å². The van der Waals surface area contributed by atoms with Crippen LogP contribution >= 0.6 is 0 Å². The molecule has 0 amide bonds. The van der Waals surface area contributed by atoms with Crippen molar-refractivity contribution in [2.45, 2.75) is 19.2 Å². The van der Waals surface area contributed by atoms with E-state index in [2.05, 4.69) is 168 Å². The summed E-state index contributed by atoms with van der Waals surface area (Å²) in [6, 6.07) is 53.7. The number of para-hydroxylation sites is 2. The first-order valence-electron chi connectivity index (χ1n) is 19.9. The topological polar surface area (TPSA) is 64.0 Å². The highest BCUT2D eigenvalue weighted by Crippen LogP contribution is 2.43. The van der Waals surface area contributed by atoms with Gasteiger partial charge in [0.15, 0.2) is 5.84 Å². The molecule has 9 aromatic rings. The Morgan fingerprint density at radius 2 is 1.34 bits per heavy atom. The second kappa shape index (κ2) is 13.1. The fourth-order valence-electron chi connectivity index (χ4n) is 8.95. The van der Waals surface area contributed by atoms with Crippen LogP contribution in [0.15, 0.2) is 190 Å². The summed E-state index contributed by atoms with van der Waals surface area (Å²) in [5, 5.41) is 8.31. The number of ether oxygens (including phenoxy) is 1. The molecule has 58 heavy (non-hydrogen) atoms. The second-order valence-corrected chi connectivity index (χ2v) is 15.3. The molecule has 1 N–H and O–H groups in total. The van der Waals surface area contributed by atoms with Crippen molar-refractivity contribution in [2.24, 2.45) is 15.9 Å². The Bertz CT molecular complexity index is 3200. The van der Waals surface area contributed by atoms with Gasteiger partial charge in [-0.15, -0.1) is 0 Å². The van der Waals surface area contributed by atoms with Crippen molar-refractivity contribution in [3.8, 4) is 33.7 Å². The average molecular weight is 749 g/mol. The Kier molecular flexibility index (Phi) is 7.38. The lowest BCUT2D eigenvalue weighted by Crippen LogP contribution is -2.37. The van der Waals surface area contributed by atoms with E-state index < -0.39 is 0 Å². The van der Waals surface area contributed by atoms with E-state index in [1.807, 2.05) is 18.2 Å². The van der Waals surface area contributed by atoms with Gasteiger partial charge >= 0.3 is 0 Å². The number of hydrogen-bond donors (Lipinski definition) is 1. The highest BCUT2D eigenvalue weighted by molar-refractivity contribution is 6.11. The smallest absolute Gasteiger partial charge is 0.159 e. The number of hydrogen-bond acceptors (Lipinski definition) is 5. The summed E-state index contributed by atoms with van der Waals surface area (Å²) in [4.78, 5) is 10.2. The summed E-state index contributed by atoms with van der Waals surface area (Å²) < 4.78 is 15.2. The number of nitrogens with one attached hydrogen (secondary N) is 1. The number of amidine groups is 2. The van der Waals surface area contributed by atoms with Crippen LogP contribution in [0, 0.1) is 5.92 Å². The first-order chi connectivity index (χ1) is 28.7. The predicted molar refractivity (Wildman–Crippen MR) is 236 cm³/mol. The van der Waals surface area contributed by atoms with Crippen molar-refractivity contribution >= 4 is 55.4 Å². The molecule has 0 spiro atoms. The monoisotopic (exact) mass is 748 g/mol. The Hall–Kier alpha value is -7.44. The van der Waals surface area contributed by atoms with Gasteiger partial charge in [-0.25, -0.2) is 9.98 Å². The Morgan fingerprint density at radius 3 is 2.16 bits per heavy atom. The number of nitrogens with zero attached hydrogens (tertiary/aromatic N) is 3. The van der Waals surface area contributed by atoms with Crippen LogP contribution in [0.25, 0.3) is 71.7 Å².